The van der Waals surface area contributed by atoms with E-state index in [1.165, 1.54) is 16.7 Å². The Morgan fingerprint density at radius 3 is 2.27 bits per heavy atom. The van der Waals surface area contributed by atoms with Gasteiger partial charge in [0.15, 0.2) is 0 Å². The van der Waals surface area contributed by atoms with Crippen LogP contribution in [0.5, 0.6) is 0 Å². The van der Waals surface area contributed by atoms with E-state index >= 15 is 0 Å². The lowest BCUT2D eigenvalue weighted by molar-refractivity contribution is -0.117. The Labute approximate surface area is 132 Å². The standard InChI is InChI=1S/C20H23NO/c1-14-5-8-18(9-6-14)10-12-20(22)21-17(4)19-11-7-15(2)13-16(19)3/h5-13,17H,1-4H3,(H,21,22)/b12-10+. The van der Waals surface area contributed by atoms with Crippen LogP contribution in [0, 0.1) is 20.8 Å². The number of rotatable bonds is 4. The van der Waals surface area contributed by atoms with Crippen molar-refractivity contribution < 1.29 is 4.79 Å². The highest BCUT2D eigenvalue weighted by Crippen LogP contribution is 2.18. The number of carbonyl (C=O) groups excluding carboxylic acids is 1. The van der Waals surface area contributed by atoms with E-state index in [4.69, 9.17) is 0 Å². The average molecular weight is 293 g/mol. The predicted molar refractivity (Wildman–Crippen MR) is 92.7 cm³/mol. The fraction of sp³-hybridized carbons (Fsp3) is 0.250. The Kier molecular flexibility index (Phi) is 5.16. The van der Waals surface area contributed by atoms with E-state index < -0.39 is 0 Å². The van der Waals surface area contributed by atoms with Gasteiger partial charge in [-0.2, -0.15) is 0 Å². The highest BCUT2D eigenvalue weighted by Gasteiger charge is 2.09. The molecule has 1 atom stereocenters. The summed E-state index contributed by atoms with van der Waals surface area (Å²) in [5.74, 6) is -0.0759. The van der Waals surface area contributed by atoms with Gasteiger partial charge in [0, 0.05) is 6.08 Å². The van der Waals surface area contributed by atoms with Crippen LogP contribution in [0.3, 0.4) is 0 Å². The Hall–Kier alpha value is -2.35. The Bertz CT molecular complexity index is 683. The Morgan fingerprint density at radius 2 is 1.64 bits per heavy atom. The molecule has 2 aromatic carbocycles. The topological polar surface area (TPSA) is 29.1 Å². The largest absolute Gasteiger partial charge is 0.346 e. The molecule has 2 heteroatoms. The van der Waals surface area contributed by atoms with Crippen molar-refractivity contribution in [3.63, 3.8) is 0 Å². The molecule has 22 heavy (non-hydrogen) atoms. The summed E-state index contributed by atoms with van der Waals surface area (Å²) in [6.45, 7) is 8.21. The first-order valence-corrected chi connectivity index (χ1v) is 7.58. The summed E-state index contributed by atoms with van der Waals surface area (Å²) >= 11 is 0. The van der Waals surface area contributed by atoms with Gasteiger partial charge in [-0.25, -0.2) is 0 Å². The lowest BCUT2D eigenvalue weighted by atomic mass is 10.0. The van der Waals surface area contributed by atoms with Gasteiger partial charge in [0.2, 0.25) is 5.91 Å². The third-order valence-corrected chi connectivity index (χ3v) is 3.76. The van der Waals surface area contributed by atoms with Crippen LogP contribution >= 0.6 is 0 Å². The molecule has 0 saturated carbocycles. The van der Waals surface area contributed by atoms with Gasteiger partial charge in [-0.15, -0.1) is 0 Å². The van der Waals surface area contributed by atoms with Gasteiger partial charge >= 0.3 is 0 Å². The third-order valence-electron chi connectivity index (χ3n) is 3.76. The summed E-state index contributed by atoms with van der Waals surface area (Å²) in [5.41, 5.74) is 5.84. The SMILES string of the molecule is Cc1ccc(/C=C/C(=O)NC(C)c2ccc(C)cc2C)cc1. The van der Waals surface area contributed by atoms with Crippen molar-refractivity contribution in [2.45, 2.75) is 33.7 Å². The van der Waals surface area contributed by atoms with E-state index in [0.717, 1.165) is 11.1 Å². The van der Waals surface area contributed by atoms with Gasteiger partial charge in [-0.3, -0.25) is 4.79 Å². The predicted octanol–water partition coefficient (Wildman–Crippen LogP) is 4.50. The molecule has 0 aliphatic rings. The van der Waals surface area contributed by atoms with Crippen LogP contribution in [0.1, 0.15) is 40.8 Å². The van der Waals surface area contributed by atoms with Crippen molar-refractivity contribution in [3.8, 4) is 0 Å². The summed E-state index contributed by atoms with van der Waals surface area (Å²) in [7, 11) is 0. The second-order valence-corrected chi connectivity index (χ2v) is 5.83. The number of carbonyl (C=O) groups is 1. The van der Waals surface area contributed by atoms with E-state index in [9.17, 15) is 4.79 Å². The summed E-state index contributed by atoms with van der Waals surface area (Å²) in [5, 5.41) is 3.01. The Balaban J connectivity index is 2.00. The van der Waals surface area contributed by atoms with Crippen LogP contribution in [-0.2, 0) is 4.79 Å². The zero-order valence-electron chi connectivity index (χ0n) is 13.7. The van der Waals surface area contributed by atoms with Gasteiger partial charge in [-0.1, -0.05) is 53.6 Å². The second-order valence-electron chi connectivity index (χ2n) is 5.83. The van der Waals surface area contributed by atoms with E-state index in [0.29, 0.717) is 0 Å². The van der Waals surface area contributed by atoms with Crippen LogP contribution in [0.25, 0.3) is 6.08 Å². The fourth-order valence-corrected chi connectivity index (χ4v) is 2.50. The van der Waals surface area contributed by atoms with E-state index in [1.807, 2.05) is 44.2 Å². The molecule has 1 amide bonds. The maximum absolute atomic E-state index is 12.0. The zero-order valence-corrected chi connectivity index (χ0v) is 13.7. The van der Waals surface area contributed by atoms with Crippen molar-refractivity contribution in [2.24, 2.45) is 0 Å². The van der Waals surface area contributed by atoms with Crippen LogP contribution in [0.2, 0.25) is 0 Å². The molecule has 0 aliphatic heterocycles. The maximum Gasteiger partial charge on any atom is 0.244 e. The van der Waals surface area contributed by atoms with Gasteiger partial charge in [0.05, 0.1) is 6.04 Å². The molecule has 0 fully saturated rings. The highest BCUT2D eigenvalue weighted by molar-refractivity contribution is 5.92. The molecule has 0 bridgehead atoms. The molecule has 0 spiro atoms. The van der Waals surface area contributed by atoms with Crippen LogP contribution < -0.4 is 5.32 Å². The number of hydrogen-bond donors (Lipinski definition) is 1. The third kappa shape index (κ3) is 4.32. The van der Waals surface area contributed by atoms with Gasteiger partial charge in [-0.05, 0) is 50.5 Å². The molecule has 0 heterocycles. The van der Waals surface area contributed by atoms with Gasteiger partial charge < -0.3 is 5.32 Å². The first-order chi connectivity index (χ1) is 10.5. The van der Waals surface area contributed by atoms with Gasteiger partial charge in [0.25, 0.3) is 0 Å². The number of amides is 1. The minimum Gasteiger partial charge on any atom is -0.346 e. The molecule has 2 nitrogen and oxygen atoms in total. The van der Waals surface area contributed by atoms with Crippen molar-refractivity contribution >= 4 is 12.0 Å². The number of aryl methyl sites for hydroxylation is 3. The molecular formula is C20H23NO. The fourth-order valence-electron chi connectivity index (χ4n) is 2.50. The van der Waals surface area contributed by atoms with Crippen molar-refractivity contribution in [1.29, 1.82) is 0 Å². The van der Waals surface area contributed by atoms with E-state index in [2.05, 4.69) is 37.4 Å². The normalized spacial score (nSPS) is 12.4. The number of hydrogen-bond acceptors (Lipinski definition) is 1. The molecule has 114 valence electrons. The molecule has 0 radical (unpaired) electrons. The van der Waals surface area contributed by atoms with Crippen LogP contribution in [-0.4, -0.2) is 5.91 Å². The molecule has 2 rings (SSSR count). The first kappa shape index (κ1) is 16.0. The molecule has 0 aliphatic carbocycles. The molecule has 1 N–H and O–H groups in total. The number of nitrogens with one attached hydrogen (secondary N) is 1. The van der Waals surface area contributed by atoms with E-state index in [-0.39, 0.29) is 11.9 Å². The highest BCUT2D eigenvalue weighted by atomic mass is 16.1. The second kappa shape index (κ2) is 7.08. The van der Waals surface area contributed by atoms with Crippen molar-refractivity contribution in [1.82, 2.24) is 5.32 Å². The van der Waals surface area contributed by atoms with Crippen molar-refractivity contribution in [3.05, 3.63) is 76.4 Å². The lowest BCUT2D eigenvalue weighted by Crippen LogP contribution is -2.25. The molecular weight excluding hydrogens is 270 g/mol. The Morgan fingerprint density at radius 1 is 1.00 bits per heavy atom. The minimum absolute atomic E-state index is 0.00392. The molecule has 0 saturated heterocycles. The van der Waals surface area contributed by atoms with E-state index in [1.54, 1.807) is 6.08 Å². The molecule has 2 aromatic rings. The average Bonchev–Trinajstić information content (AvgIpc) is 2.46. The summed E-state index contributed by atoms with van der Waals surface area (Å²) in [4.78, 5) is 12.0. The molecule has 0 aromatic heterocycles. The number of benzene rings is 2. The molecule has 1 unspecified atom stereocenters. The van der Waals surface area contributed by atoms with Crippen LogP contribution in [0.15, 0.2) is 48.5 Å². The first-order valence-electron chi connectivity index (χ1n) is 7.58. The van der Waals surface area contributed by atoms with Gasteiger partial charge in [0.1, 0.15) is 0 Å². The minimum atomic E-state index is -0.0759. The summed E-state index contributed by atoms with van der Waals surface area (Å²) in [6.07, 6.45) is 3.42. The quantitative estimate of drug-likeness (QED) is 0.826. The maximum atomic E-state index is 12.0. The summed E-state index contributed by atoms with van der Waals surface area (Å²) < 4.78 is 0. The monoisotopic (exact) mass is 293 g/mol. The smallest absolute Gasteiger partial charge is 0.244 e. The zero-order chi connectivity index (χ0) is 16.1. The lowest BCUT2D eigenvalue weighted by Gasteiger charge is -2.16. The van der Waals surface area contributed by atoms with Crippen LogP contribution in [0.4, 0.5) is 0 Å². The summed E-state index contributed by atoms with van der Waals surface area (Å²) in [6, 6.07) is 14.4. The van der Waals surface area contributed by atoms with Crippen molar-refractivity contribution in [2.75, 3.05) is 0 Å².